The van der Waals surface area contributed by atoms with Gasteiger partial charge in [0.05, 0.1) is 0 Å². The minimum absolute atomic E-state index is 0.834. The zero-order valence-electron chi connectivity index (χ0n) is 8.55. The molecule has 0 spiro atoms. The van der Waals surface area contributed by atoms with Crippen molar-refractivity contribution in [3.8, 4) is 0 Å². The zero-order chi connectivity index (χ0) is 9.10. The molecule has 0 aromatic carbocycles. The largest absolute Gasteiger partial charge is 0.310 e. The average Bonchev–Trinajstić information content (AvgIpc) is 2.05. The highest BCUT2D eigenvalue weighted by Gasteiger charge is 2.17. The van der Waals surface area contributed by atoms with Crippen LogP contribution in [-0.2, 0) is 0 Å². The van der Waals surface area contributed by atoms with Crippen LogP contribution in [0.25, 0.3) is 0 Å². The second-order valence-corrected chi connectivity index (χ2v) is 4.38. The molecule has 2 rings (SSSR count). The topological polar surface area (TPSA) is 15.3 Å². The molecule has 2 aliphatic rings. The summed E-state index contributed by atoms with van der Waals surface area (Å²) in [6, 6.07) is 0.834. The summed E-state index contributed by atoms with van der Waals surface area (Å²) in [5.41, 5.74) is 1.62. The van der Waals surface area contributed by atoms with Crippen molar-refractivity contribution in [3.63, 3.8) is 0 Å². The van der Waals surface area contributed by atoms with Crippen LogP contribution >= 0.6 is 0 Å². The highest BCUT2D eigenvalue weighted by atomic mass is 15.1. The molecule has 1 aliphatic carbocycles. The van der Waals surface area contributed by atoms with Gasteiger partial charge in [0.15, 0.2) is 0 Å². The Morgan fingerprint density at radius 1 is 1.54 bits per heavy atom. The van der Waals surface area contributed by atoms with Gasteiger partial charge in [-0.25, -0.2) is 0 Å². The number of hydrogen-bond acceptors (Lipinski definition) is 2. The van der Waals surface area contributed by atoms with Crippen molar-refractivity contribution in [2.75, 3.05) is 26.7 Å². The lowest BCUT2D eigenvalue weighted by atomic mass is 9.93. The summed E-state index contributed by atoms with van der Waals surface area (Å²) in [5.74, 6) is 0. The van der Waals surface area contributed by atoms with Crippen molar-refractivity contribution in [1.82, 2.24) is 10.2 Å². The molecule has 0 amide bonds. The molecule has 1 aliphatic heterocycles. The van der Waals surface area contributed by atoms with E-state index in [1.807, 2.05) is 0 Å². The molecular formula is C11H20N2. The smallest absolute Gasteiger partial charge is 0.0168 e. The van der Waals surface area contributed by atoms with Crippen molar-refractivity contribution in [2.24, 2.45) is 0 Å². The Balaban J connectivity index is 1.68. The van der Waals surface area contributed by atoms with Gasteiger partial charge in [-0.2, -0.15) is 0 Å². The molecule has 0 atom stereocenters. The fourth-order valence-corrected chi connectivity index (χ4v) is 1.86. The van der Waals surface area contributed by atoms with Crippen LogP contribution in [0.4, 0.5) is 0 Å². The van der Waals surface area contributed by atoms with Gasteiger partial charge in [-0.1, -0.05) is 18.1 Å². The van der Waals surface area contributed by atoms with Gasteiger partial charge < -0.3 is 10.2 Å². The van der Waals surface area contributed by atoms with Gasteiger partial charge in [0.25, 0.3) is 0 Å². The van der Waals surface area contributed by atoms with Crippen molar-refractivity contribution in [3.05, 3.63) is 11.6 Å². The molecule has 74 valence electrons. The van der Waals surface area contributed by atoms with Crippen molar-refractivity contribution < 1.29 is 0 Å². The fraction of sp³-hybridized carbons (Fsp3) is 0.818. The van der Waals surface area contributed by atoms with E-state index in [2.05, 4.69) is 23.3 Å². The van der Waals surface area contributed by atoms with E-state index in [0.29, 0.717) is 0 Å². The first kappa shape index (κ1) is 9.22. The number of nitrogens with one attached hydrogen (secondary N) is 1. The first-order valence-electron chi connectivity index (χ1n) is 5.44. The zero-order valence-corrected chi connectivity index (χ0v) is 8.55. The highest BCUT2D eigenvalue weighted by molar-refractivity contribution is 5.09. The van der Waals surface area contributed by atoms with E-state index in [9.17, 15) is 0 Å². The lowest BCUT2D eigenvalue weighted by Crippen LogP contribution is -2.37. The Labute approximate surface area is 81.0 Å². The molecule has 0 aromatic rings. The molecule has 0 radical (unpaired) electrons. The van der Waals surface area contributed by atoms with E-state index in [-0.39, 0.29) is 0 Å². The summed E-state index contributed by atoms with van der Waals surface area (Å²) in [6.45, 7) is 3.51. The maximum atomic E-state index is 3.62. The Bertz CT molecular complexity index is 194. The summed E-state index contributed by atoms with van der Waals surface area (Å²) >= 11 is 0. The van der Waals surface area contributed by atoms with Crippen LogP contribution in [-0.4, -0.2) is 37.6 Å². The molecule has 1 N–H and O–H groups in total. The predicted octanol–water partition coefficient (Wildman–Crippen LogP) is 1.39. The Kier molecular flexibility index (Phi) is 3.01. The van der Waals surface area contributed by atoms with Crippen LogP contribution in [0.5, 0.6) is 0 Å². The first-order chi connectivity index (χ1) is 6.34. The third-order valence-corrected chi connectivity index (χ3v) is 3.23. The quantitative estimate of drug-likeness (QED) is 0.660. The summed E-state index contributed by atoms with van der Waals surface area (Å²) in [7, 11) is 2.19. The third kappa shape index (κ3) is 2.55. The molecule has 2 heteroatoms. The third-order valence-electron chi connectivity index (χ3n) is 3.23. The lowest BCUT2D eigenvalue weighted by molar-refractivity contribution is 0.333. The Hall–Kier alpha value is -0.340. The van der Waals surface area contributed by atoms with E-state index in [4.69, 9.17) is 0 Å². The van der Waals surface area contributed by atoms with Crippen LogP contribution in [0.1, 0.15) is 25.7 Å². The van der Waals surface area contributed by atoms with Gasteiger partial charge in [0.2, 0.25) is 0 Å². The van der Waals surface area contributed by atoms with E-state index >= 15 is 0 Å². The van der Waals surface area contributed by atoms with Gasteiger partial charge in [-0.05, 0) is 26.3 Å². The normalized spacial score (nSPS) is 25.5. The molecule has 1 saturated carbocycles. The van der Waals surface area contributed by atoms with Gasteiger partial charge in [0.1, 0.15) is 0 Å². The molecule has 13 heavy (non-hydrogen) atoms. The van der Waals surface area contributed by atoms with Crippen molar-refractivity contribution in [2.45, 2.75) is 31.7 Å². The number of rotatable bonds is 3. The summed E-state index contributed by atoms with van der Waals surface area (Å²) < 4.78 is 0. The van der Waals surface area contributed by atoms with E-state index < -0.39 is 0 Å². The molecule has 2 nitrogen and oxygen atoms in total. The molecule has 1 heterocycles. The van der Waals surface area contributed by atoms with E-state index in [0.717, 1.165) is 19.1 Å². The van der Waals surface area contributed by atoms with Crippen LogP contribution in [0.15, 0.2) is 11.6 Å². The van der Waals surface area contributed by atoms with Gasteiger partial charge >= 0.3 is 0 Å². The number of hydrogen-bond donors (Lipinski definition) is 1. The minimum atomic E-state index is 0.834. The maximum absolute atomic E-state index is 3.62. The Morgan fingerprint density at radius 3 is 2.92 bits per heavy atom. The predicted molar refractivity (Wildman–Crippen MR) is 55.8 cm³/mol. The maximum Gasteiger partial charge on any atom is 0.0168 e. The summed E-state index contributed by atoms with van der Waals surface area (Å²) in [4.78, 5) is 2.37. The van der Waals surface area contributed by atoms with Crippen molar-refractivity contribution >= 4 is 0 Å². The number of nitrogens with zero attached hydrogens (tertiary/aromatic N) is 1. The van der Waals surface area contributed by atoms with Gasteiger partial charge in [0, 0.05) is 25.7 Å². The molecule has 0 aromatic heterocycles. The molecule has 0 unspecified atom stereocenters. The van der Waals surface area contributed by atoms with Crippen LogP contribution < -0.4 is 5.32 Å². The first-order valence-corrected chi connectivity index (χ1v) is 5.44. The molecule has 0 saturated heterocycles. The fourth-order valence-electron chi connectivity index (χ4n) is 1.86. The Morgan fingerprint density at radius 2 is 2.38 bits per heavy atom. The second-order valence-electron chi connectivity index (χ2n) is 4.38. The van der Waals surface area contributed by atoms with Gasteiger partial charge in [-0.15, -0.1) is 0 Å². The monoisotopic (exact) mass is 180 g/mol. The SMILES string of the molecule is CN1CC=C(CNC2CCC2)CC1. The number of likely N-dealkylation sites (N-methyl/N-ethyl adjacent to an activating group) is 1. The van der Waals surface area contributed by atoms with Crippen LogP contribution in [0, 0.1) is 0 Å². The van der Waals surface area contributed by atoms with Crippen LogP contribution in [0.3, 0.4) is 0 Å². The second kappa shape index (κ2) is 4.25. The standard InChI is InChI=1S/C11H20N2/c1-13-7-5-10(6-8-13)9-12-11-3-2-4-11/h5,11-12H,2-4,6-9H2,1H3. The summed E-state index contributed by atoms with van der Waals surface area (Å²) in [5, 5.41) is 3.62. The minimum Gasteiger partial charge on any atom is -0.310 e. The van der Waals surface area contributed by atoms with Crippen LogP contribution in [0.2, 0.25) is 0 Å². The van der Waals surface area contributed by atoms with E-state index in [1.54, 1.807) is 5.57 Å². The average molecular weight is 180 g/mol. The van der Waals surface area contributed by atoms with Gasteiger partial charge in [-0.3, -0.25) is 0 Å². The lowest BCUT2D eigenvalue weighted by Gasteiger charge is -2.28. The van der Waals surface area contributed by atoms with Crippen molar-refractivity contribution in [1.29, 1.82) is 0 Å². The molecule has 1 fully saturated rings. The molecule has 0 bridgehead atoms. The molecular weight excluding hydrogens is 160 g/mol. The van der Waals surface area contributed by atoms with E-state index in [1.165, 1.54) is 32.2 Å². The summed E-state index contributed by atoms with van der Waals surface area (Å²) in [6.07, 6.45) is 7.87. The highest BCUT2D eigenvalue weighted by Crippen LogP contribution is 2.18.